The molecule has 2 aliphatic heterocycles. The molecular formula is C30H45Cl2N5O4S2. The topological polar surface area (TPSA) is 93.3 Å². The van der Waals surface area contributed by atoms with E-state index in [0.29, 0.717) is 80.2 Å². The summed E-state index contributed by atoms with van der Waals surface area (Å²) in [7, 11) is -3.96. The van der Waals surface area contributed by atoms with E-state index in [1.165, 1.54) is 14.7 Å². The number of nitrogens with one attached hydrogen (secondary N) is 1. The largest absolute Gasteiger partial charge is 0.384 e. The Morgan fingerprint density at radius 2 is 1.35 bits per heavy atom. The quantitative estimate of drug-likeness (QED) is 0.305. The Balaban J connectivity index is 1.82. The van der Waals surface area contributed by atoms with Crippen molar-refractivity contribution < 1.29 is 16.8 Å². The van der Waals surface area contributed by atoms with Crippen LogP contribution in [0.1, 0.15) is 51.0 Å². The summed E-state index contributed by atoms with van der Waals surface area (Å²) in [5.41, 5.74) is 1.87. The van der Waals surface area contributed by atoms with Crippen LogP contribution in [0.3, 0.4) is 0 Å². The predicted octanol–water partition coefficient (Wildman–Crippen LogP) is 5.39. The number of halogens is 2. The first-order valence-electron chi connectivity index (χ1n) is 15.2. The van der Waals surface area contributed by atoms with E-state index in [1.54, 1.807) is 18.2 Å². The Kier molecular flexibility index (Phi) is 12.1. The molecule has 0 amide bonds. The predicted molar refractivity (Wildman–Crippen MR) is 177 cm³/mol. The van der Waals surface area contributed by atoms with Crippen molar-refractivity contribution in [1.82, 2.24) is 13.5 Å². The Labute approximate surface area is 268 Å². The van der Waals surface area contributed by atoms with Crippen molar-refractivity contribution in [3.63, 3.8) is 0 Å². The van der Waals surface area contributed by atoms with E-state index < -0.39 is 20.0 Å². The molecule has 2 saturated heterocycles. The highest BCUT2D eigenvalue weighted by Gasteiger charge is 2.35. The van der Waals surface area contributed by atoms with Gasteiger partial charge in [0.2, 0.25) is 20.0 Å². The summed E-state index contributed by atoms with van der Waals surface area (Å²) in [6, 6.07) is 8.59. The summed E-state index contributed by atoms with van der Waals surface area (Å²) in [5.74, 6) is 0. The van der Waals surface area contributed by atoms with Gasteiger partial charge in [-0.25, -0.2) is 16.8 Å². The second-order valence-corrected chi connectivity index (χ2v) is 16.2. The highest BCUT2D eigenvalue weighted by atomic mass is 35.5. The van der Waals surface area contributed by atoms with Gasteiger partial charge < -0.3 is 15.1 Å². The number of rotatable bonds is 13. The number of piperidine rings is 2. The summed E-state index contributed by atoms with van der Waals surface area (Å²) in [6.07, 6.45) is 5.68. The van der Waals surface area contributed by atoms with Gasteiger partial charge in [-0.2, -0.15) is 8.61 Å². The number of hydrogen-bond acceptors (Lipinski definition) is 7. The molecule has 43 heavy (non-hydrogen) atoms. The molecule has 0 bridgehead atoms. The van der Waals surface area contributed by atoms with Crippen molar-refractivity contribution in [2.24, 2.45) is 0 Å². The third kappa shape index (κ3) is 8.36. The SMILES string of the molecule is CCN(CCN(C)C)c1cc(NCCc2ccc(Cl)c(Cl)c2)c(S(=O)(=O)N2CCCCC2)cc1S(=O)(=O)N1CCCCC1. The highest BCUT2D eigenvalue weighted by molar-refractivity contribution is 7.90. The van der Waals surface area contributed by atoms with Crippen molar-refractivity contribution in [1.29, 1.82) is 0 Å². The lowest BCUT2D eigenvalue weighted by Crippen LogP contribution is -2.39. The number of sulfonamides is 2. The summed E-state index contributed by atoms with van der Waals surface area (Å²) in [5, 5.41) is 4.29. The average Bonchev–Trinajstić information content (AvgIpc) is 3.00. The van der Waals surface area contributed by atoms with Gasteiger partial charge in [0.1, 0.15) is 9.79 Å². The van der Waals surface area contributed by atoms with Gasteiger partial charge in [0.15, 0.2) is 0 Å². The van der Waals surface area contributed by atoms with Gasteiger partial charge >= 0.3 is 0 Å². The zero-order valence-electron chi connectivity index (χ0n) is 25.5. The van der Waals surface area contributed by atoms with Gasteiger partial charge in [-0.1, -0.05) is 42.1 Å². The number of benzene rings is 2. The summed E-state index contributed by atoms with van der Waals surface area (Å²) in [6.45, 7) is 5.99. The number of hydrogen-bond donors (Lipinski definition) is 1. The van der Waals surface area contributed by atoms with E-state index in [4.69, 9.17) is 23.2 Å². The monoisotopic (exact) mass is 673 g/mol. The molecule has 9 nitrogen and oxygen atoms in total. The van der Waals surface area contributed by atoms with Gasteiger partial charge in [-0.3, -0.25) is 0 Å². The molecule has 4 rings (SSSR count). The van der Waals surface area contributed by atoms with Crippen LogP contribution < -0.4 is 10.2 Å². The van der Waals surface area contributed by atoms with Gasteiger partial charge in [0.25, 0.3) is 0 Å². The molecule has 0 aliphatic carbocycles. The Hall–Kier alpha value is -1.60. The van der Waals surface area contributed by atoms with Gasteiger partial charge in [-0.05, 0) is 83.0 Å². The van der Waals surface area contributed by atoms with Crippen LogP contribution in [-0.4, -0.2) is 96.8 Å². The van der Waals surface area contributed by atoms with E-state index in [1.807, 2.05) is 36.9 Å². The third-order valence-electron chi connectivity index (χ3n) is 8.18. The van der Waals surface area contributed by atoms with Crippen molar-refractivity contribution in [3.8, 4) is 0 Å². The molecule has 240 valence electrons. The zero-order valence-corrected chi connectivity index (χ0v) is 28.6. The smallest absolute Gasteiger partial charge is 0.245 e. The second-order valence-electron chi connectivity index (χ2n) is 11.6. The number of nitrogens with zero attached hydrogens (tertiary/aromatic N) is 4. The van der Waals surface area contributed by atoms with Crippen molar-refractivity contribution in [3.05, 3.63) is 45.9 Å². The minimum atomic E-state index is -3.97. The molecule has 0 aromatic heterocycles. The van der Waals surface area contributed by atoms with E-state index in [9.17, 15) is 16.8 Å². The molecule has 2 fully saturated rings. The van der Waals surface area contributed by atoms with Gasteiger partial charge in [0.05, 0.1) is 21.4 Å². The lowest BCUT2D eigenvalue weighted by Gasteiger charge is -2.32. The summed E-state index contributed by atoms with van der Waals surface area (Å²) >= 11 is 12.3. The molecule has 0 atom stereocenters. The number of anilines is 2. The van der Waals surface area contributed by atoms with Crippen molar-refractivity contribution in [2.45, 2.75) is 61.7 Å². The molecule has 2 aromatic carbocycles. The third-order valence-corrected chi connectivity index (χ3v) is 12.8. The molecule has 2 heterocycles. The Morgan fingerprint density at radius 1 is 0.767 bits per heavy atom. The fourth-order valence-corrected chi connectivity index (χ4v) is 9.47. The maximum atomic E-state index is 14.2. The molecule has 0 radical (unpaired) electrons. The number of likely N-dealkylation sites (N-methyl/N-ethyl adjacent to an activating group) is 2. The second kappa shape index (κ2) is 15.1. The summed E-state index contributed by atoms with van der Waals surface area (Å²) in [4.78, 5) is 4.14. The Bertz CT molecular complexity index is 1460. The highest BCUT2D eigenvalue weighted by Crippen LogP contribution is 2.38. The average molecular weight is 675 g/mol. The summed E-state index contributed by atoms with van der Waals surface area (Å²) < 4.78 is 59.8. The maximum Gasteiger partial charge on any atom is 0.245 e. The van der Waals surface area contributed by atoms with Crippen LogP contribution >= 0.6 is 23.2 Å². The van der Waals surface area contributed by atoms with Crippen molar-refractivity contribution >= 4 is 54.6 Å². The minimum Gasteiger partial charge on any atom is -0.384 e. The standard InChI is InChI=1S/C30H45Cl2N5O4S2/c1-4-35(20-19-34(2)3)28-22-27(33-14-13-24-11-12-25(31)26(32)21-24)29(42(38,39)36-15-7-5-8-16-36)23-30(28)43(40,41)37-17-9-6-10-18-37/h11-12,21-23,33H,4-10,13-20H2,1-3H3. The molecule has 2 aromatic rings. The molecule has 1 N–H and O–H groups in total. The van der Waals surface area contributed by atoms with Crippen LogP contribution in [-0.2, 0) is 26.5 Å². The molecule has 0 saturated carbocycles. The van der Waals surface area contributed by atoms with E-state index in [0.717, 1.165) is 44.1 Å². The first kappa shape index (κ1) is 34.3. The molecular weight excluding hydrogens is 629 g/mol. The van der Waals surface area contributed by atoms with Crippen LogP contribution in [0.4, 0.5) is 11.4 Å². The fraction of sp³-hybridized carbons (Fsp3) is 0.600. The van der Waals surface area contributed by atoms with Crippen molar-refractivity contribution in [2.75, 3.05) is 76.7 Å². The zero-order chi connectivity index (χ0) is 31.2. The normalized spacial score (nSPS) is 17.3. The van der Waals surface area contributed by atoms with Crippen LogP contribution in [0, 0.1) is 0 Å². The van der Waals surface area contributed by atoms with E-state index >= 15 is 0 Å². The fourth-order valence-electron chi connectivity index (χ4n) is 5.65. The molecule has 2 aliphatic rings. The molecule has 13 heteroatoms. The van der Waals surface area contributed by atoms with Crippen LogP contribution in [0.15, 0.2) is 40.1 Å². The van der Waals surface area contributed by atoms with Crippen LogP contribution in [0.25, 0.3) is 0 Å². The minimum absolute atomic E-state index is 0.00605. The van der Waals surface area contributed by atoms with E-state index in [-0.39, 0.29) is 9.79 Å². The molecule has 0 unspecified atom stereocenters. The van der Waals surface area contributed by atoms with E-state index in [2.05, 4.69) is 5.32 Å². The first-order valence-corrected chi connectivity index (χ1v) is 18.8. The Morgan fingerprint density at radius 3 is 1.88 bits per heavy atom. The lowest BCUT2D eigenvalue weighted by atomic mass is 10.1. The van der Waals surface area contributed by atoms with Gasteiger partial charge in [0, 0.05) is 52.4 Å². The van der Waals surface area contributed by atoms with Crippen LogP contribution in [0.5, 0.6) is 0 Å². The maximum absolute atomic E-state index is 14.2. The van der Waals surface area contributed by atoms with Crippen LogP contribution in [0.2, 0.25) is 10.0 Å². The lowest BCUT2D eigenvalue weighted by molar-refractivity contribution is 0.345. The van der Waals surface area contributed by atoms with Gasteiger partial charge in [-0.15, -0.1) is 0 Å². The molecule has 0 spiro atoms. The first-order chi connectivity index (χ1) is 20.4.